The van der Waals surface area contributed by atoms with Crippen LogP contribution >= 0.6 is 0 Å². The average molecular weight is 468 g/mol. The van der Waals surface area contributed by atoms with E-state index < -0.39 is 29.2 Å². The fraction of sp³-hybridized carbons (Fsp3) is 0.947. The van der Waals surface area contributed by atoms with Crippen LogP contribution in [0.1, 0.15) is 69.2 Å². The largest absolute Gasteiger partial charge is 2.00 e. The Labute approximate surface area is 192 Å². The average Bonchev–Trinajstić information content (AvgIpc) is 2.75. The van der Waals surface area contributed by atoms with Gasteiger partial charge in [-0.1, -0.05) is 0 Å². The van der Waals surface area contributed by atoms with Crippen LogP contribution in [0, 0.1) is 7.43 Å². The van der Waals surface area contributed by atoms with Crippen LogP contribution in [0.5, 0.6) is 0 Å². The molecule has 0 aromatic rings. The minimum Gasteiger partial charge on any atom is -1.00 e. The molecule has 160 valence electrons. The van der Waals surface area contributed by atoms with E-state index in [1.807, 2.05) is 27.7 Å². The van der Waals surface area contributed by atoms with Gasteiger partial charge in [-0.25, -0.2) is 0 Å². The molecule has 0 aromatic heterocycles. The van der Waals surface area contributed by atoms with Crippen LogP contribution in [0.4, 0.5) is 0 Å². The molecule has 0 saturated carbocycles. The first-order valence-corrected chi connectivity index (χ1v) is 8.61. The molecule has 2 saturated heterocycles. The standard InChI is InChI=1S/C11H22O4.C7H14O2.CH3.BrH.Mg/c1-9(2,12)7-8(10(3,4)13)15-11(5,6)14-7;1-5-6(2)9-7(3,4)8-5;;;/h7-8,12-13H,1-6H3;5-6H,1-4H3;1H3;1H;/q;;-1;;+2/p-1. The van der Waals surface area contributed by atoms with Gasteiger partial charge in [0.05, 0.1) is 23.4 Å². The fourth-order valence-electron chi connectivity index (χ4n) is 2.91. The zero-order chi connectivity index (χ0) is 19.1. The molecule has 2 N–H and O–H groups in total. The van der Waals surface area contributed by atoms with E-state index in [2.05, 4.69) is 0 Å². The van der Waals surface area contributed by atoms with Gasteiger partial charge in [0.25, 0.3) is 0 Å². The Bertz CT molecular complexity index is 395. The predicted molar refractivity (Wildman–Crippen MR) is 104 cm³/mol. The molecule has 2 fully saturated rings. The fourth-order valence-corrected chi connectivity index (χ4v) is 2.91. The van der Waals surface area contributed by atoms with E-state index >= 15 is 0 Å². The van der Waals surface area contributed by atoms with E-state index in [0.29, 0.717) is 0 Å². The molecule has 6 nitrogen and oxygen atoms in total. The third kappa shape index (κ3) is 10.0. The minimum atomic E-state index is -1.04. The van der Waals surface area contributed by atoms with Gasteiger partial charge < -0.3 is 53.6 Å². The van der Waals surface area contributed by atoms with Gasteiger partial charge >= 0.3 is 23.1 Å². The van der Waals surface area contributed by atoms with Crippen molar-refractivity contribution in [3.8, 4) is 0 Å². The van der Waals surface area contributed by atoms with Crippen LogP contribution in [-0.2, 0) is 18.9 Å². The maximum atomic E-state index is 9.97. The van der Waals surface area contributed by atoms with Crippen LogP contribution in [0.2, 0.25) is 0 Å². The Morgan fingerprint density at radius 3 is 1.04 bits per heavy atom. The summed E-state index contributed by atoms with van der Waals surface area (Å²) in [6.07, 6.45) is -0.597. The van der Waals surface area contributed by atoms with Crippen molar-refractivity contribution in [2.75, 3.05) is 0 Å². The summed E-state index contributed by atoms with van der Waals surface area (Å²) in [7, 11) is 0. The van der Waals surface area contributed by atoms with Crippen molar-refractivity contribution in [2.45, 2.75) is 116 Å². The molecule has 8 heteroatoms. The monoisotopic (exact) mass is 466 g/mol. The second-order valence-corrected chi connectivity index (χ2v) is 8.83. The summed E-state index contributed by atoms with van der Waals surface area (Å²) in [6, 6.07) is 0. The van der Waals surface area contributed by atoms with Gasteiger partial charge in [-0.15, -0.1) is 0 Å². The summed E-state index contributed by atoms with van der Waals surface area (Å²) in [5.41, 5.74) is -2.09. The zero-order valence-corrected chi connectivity index (χ0v) is 21.9. The third-order valence-electron chi connectivity index (χ3n) is 4.09. The summed E-state index contributed by atoms with van der Waals surface area (Å²) < 4.78 is 22.1. The quantitative estimate of drug-likeness (QED) is 0.428. The van der Waals surface area contributed by atoms with Gasteiger partial charge in [-0.2, -0.15) is 0 Å². The van der Waals surface area contributed by atoms with Crippen LogP contribution < -0.4 is 17.0 Å². The molecule has 2 aliphatic heterocycles. The molecular formula is C19H39BrMgO6. The van der Waals surface area contributed by atoms with Gasteiger partial charge in [-0.3, -0.25) is 0 Å². The number of hydrogen-bond acceptors (Lipinski definition) is 6. The van der Waals surface area contributed by atoms with Gasteiger partial charge in [0.2, 0.25) is 0 Å². The molecule has 2 aliphatic rings. The first-order chi connectivity index (χ1) is 10.4. The number of ether oxygens (including phenoxy) is 4. The van der Waals surface area contributed by atoms with E-state index in [4.69, 9.17) is 18.9 Å². The molecule has 4 unspecified atom stereocenters. The Morgan fingerprint density at radius 1 is 0.667 bits per heavy atom. The maximum absolute atomic E-state index is 9.97. The number of hydrogen-bond donors (Lipinski definition) is 2. The Balaban J connectivity index is -0.000000420. The van der Waals surface area contributed by atoms with Crippen molar-refractivity contribution in [3.63, 3.8) is 0 Å². The Kier molecular flexibility index (Phi) is 13.1. The van der Waals surface area contributed by atoms with E-state index in [-0.39, 0.29) is 65.5 Å². The molecule has 0 radical (unpaired) electrons. The molecule has 0 bridgehead atoms. The zero-order valence-electron chi connectivity index (χ0n) is 18.9. The van der Waals surface area contributed by atoms with Crippen LogP contribution in [-0.4, -0.2) is 80.5 Å². The summed E-state index contributed by atoms with van der Waals surface area (Å²) in [6.45, 7) is 18.1. The van der Waals surface area contributed by atoms with Gasteiger partial charge in [0.15, 0.2) is 11.6 Å². The second kappa shape index (κ2) is 10.9. The van der Waals surface area contributed by atoms with Crippen LogP contribution in [0.15, 0.2) is 0 Å². The van der Waals surface area contributed by atoms with Crippen molar-refractivity contribution in [2.24, 2.45) is 0 Å². The van der Waals surface area contributed by atoms with E-state index in [1.54, 1.807) is 41.5 Å². The van der Waals surface area contributed by atoms with Gasteiger partial charge in [-0.05, 0) is 69.2 Å². The maximum Gasteiger partial charge on any atom is 2.00 e. The predicted octanol–water partition coefficient (Wildman–Crippen LogP) is -0.332. The van der Waals surface area contributed by atoms with Crippen molar-refractivity contribution < 1.29 is 46.1 Å². The van der Waals surface area contributed by atoms with Crippen molar-refractivity contribution in [1.29, 1.82) is 0 Å². The molecule has 2 heterocycles. The molecule has 27 heavy (non-hydrogen) atoms. The molecule has 0 aliphatic carbocycles. The Hall–Kier alpha value is 1.01. The van der Waals surface area contributed by atoms with Crippen molar-refractivity contribution >= 4 is 23.1 Å². The van der Waals surface area contributed by atoms with Crippen molar-refractivity contribution in [3.05, 3.63) is 7.43 Å². The summed E-state index contributed by atoms with van der Waals surface area (Å²) in [4.78, 5) is 0. The van der Waals surface area contributed by atoms with Crippen molar-refractivity contribution in [1.82, 2.24) is 0 Å². The second-order valence-electron chi connectivity index (χ2n) is 8.83. The van der Waals surface area contributed by atoms with Crippen LogP contribution in [0.25, 0.3) is 0 Å². The topological polar surface area (TPSA) is 77.4 Å². The summed E-state index contributed by atoms with van der Waals surface area (Å²) in [5.74, 6) is -1.13. The first kappa shape index (κ1) is 32.7. The summed E-state index contributed by atoms with van der Waals surface area (Å²) >= 11 is 0. The Morgan fingerprint density at radius 2 is 0.889 bits per heavy atom. The normalized spacial score (nSPS) is 31.6. The SMILES string of the molecule is CC1(C)OC(C(C)(C)O)C(C(C)(C)O)O1.CC1OC(C)(C)OC1C.[Br-].[CH3-].[Mg+2]. The minimum absolute atomic E-state index is 0. The van der Waals surface area contributed by atoms with Crippen LogP contribution in [0.3, 0.4) is 0 Å². The molecule has 0 aromatic carbocycles. The molecule has 0 amide bonds. The molecule has 4 atom stereocenters. The first-order valence-electron chi connectivity index (χ1n) is 8.61. The van der Waals surface area contributed by atoms with E-state index in [1.165, 1.54) is 0 Å². The number of halogens is 1. The molecule has 0 spiro atoms. The van der Waals surface area contributed by atoms with E-state index in [9.17, 15) is 10.2 Å². The third-order valence-corrected chi connectivity index (χ3v) is 4.09. The number of aliphatic hydroxyl groups is 2. The molecule has 2 rings (SSSR count). The van der Waals surface area contributed by atoms with Gasteiger partial charge in [0.1, 0.15) is 12.2 Å². The number of rotatable bonds is 2. The van der Waals surface area contributed by atoms with Gasteiger partial charge in [0, 0.05) is 0 Å². The smallest absolute Gasteiger partial charge is 1.00 e. The van der Waals surface area contributed by atoms with E-state index in [0.717, 1.165) is 0 Å². The molecular weight excluding hydrogens is 428 g/mol. The summed E-state index contributed by atoms with van der Waals surface area (Å²) in [5, 5.41) is 19.9.